The number of carbonyl (C=O) groups excluding carboxylic acids is 1. The van der Waals surface area contributed by atoms with Crippen molar-refractivity contribution in [3.63, 3.8) is 0 Å². The molecule has 1 aliphatic heterocycles. The first kappa shape index (κ1) is 16.9. The van der Waals surface area contributed by atoms with Gasteiger partial charge in [0.2, 0.25) is 0 Å². The Morgan fingerprint density at radius 1 is 1.42 bits per heavy atom. The van der Waals surface area contributed by atoms with Gasteiger partial charge in [-0.25, -0.2) is 0 Å². The predicted octanol–water partition coefficient (Wildman–Crippen LogP) is 4.19. The summed E-state index contributed by atoms with van der Waals surface area (Å²) in [4.78, 5) is 10.9. The van der Waals surface area contributed by atoms with E-state index in [4.69, 9.17) is 4.74 Å². The highest BCUT2D eigenvalue weighted by atomic mass is 79.9. The molecule has 5 heteroatoms. The van der Waals surface area contributed by atoms with E-state index in [9.17, 15) is 9.90 Å². The van der Waals surface area contributed by atoms with Crippen LogP contribution in [0, 0.1) is 0 Å². The molecule has 1 N–H and O–H groups in total. The fourth-order valence-corrected chi connectivity index (χ4v) is 2.37. The third-order valence-corrected chi connectivity index (χ3v) is 3.61. The molecule has 0 aromatic carbocycles. The molecule has 1 saturated heterocycles. The first-order valence-corrected chi connectivity index (χ1v) is 8.23. The molecule has 0 aromatic heterocycles. The van der Waals surface area contributed by atoms with E-state index in [1.807, 2.05) is 0 Å². The molecule has 0 bridgehead atoms. The number of aliphatic hydroxyl groups is 1. The van der Waals surface area contributed by atoms with Gasteiger partial charge in [0.05, 0.1) is 9.50 Å². The molecule has 0 saturated carbocycles. The largest absolute Gasteiger partial charge is 0.458 e. The Morgan fingerprint density at radius 3 is 2.84 bits per heavy atom. The molecule has 0 spiro atoms. The number of carbonyl (C=O) groups is 1. The summed E-state index contributed by atoms with van der Waals surface area (Å²) in [5.74, 6) is -0.143. The average Bonchev–Trinajstić information content (AvgIpc) is 2.76. The van der Waals surface area contributed by atoms with Crippen LogP contribution in [0.2, 0.25) is 0 Å². The highest BCUT2D eigenvalue weighted by molar-refractivity contribution is 9.28. The van der Waals surface area contributed by atoms with Crippen molar-refractivity contribution in [3.8, 4) is 0 Å². The van der Waals surface area contributed by atoms with Crippen molar-refractivity contribution in [2.24, 2.45) is 0 Å². The van der Waals surface area contributed by atoms with Gasteiger partial charge in [0.25, 0.3) is 0 Å². The monoisotopic (exact) mass is 394 g/mol. The fraction of sp³-hybridized carbons (Fsp3) is 0.643. The first-order chi connectivity index (χ1) is 9.08. The third-order valence-electron chi connectivity index (χ3n) is 2.97. The van der Waals surface area contributed by atoms with Gasteiger partial charge in [-0.3, -0.25) is 4.79 Å². The smallest absolute Gasteiger partial charge is 0.306 e. The van der Waals surface area contributed by atoms with Crippen LogP contribution in [0.5, 0.6) is 0 Å². The standard InChI is InChI=1S/C14H20Br2O3/c15-13(16)6-4-2-1-3-5-11(17)7-8-12-9-10-14(18)19-12/h6-8,11-12,17H,1-5,9-10H2. The molecule has 1 heterocycles. The zero-order chi connectivity index (χ0) is 14.1. The molecule has 0 radical (unpaired) electrons. The molecule has 1 fully saturated rings. The molecule has 0 amide bonds. The van der Waals surface area contributed by atoms with Gasteiger partial charge >= 0.3 is 5.97 Å². The van der Waals surface area contributed by atoms with Crippen molar-refractivity contribution in [1.29, 1.82) is 0 Å². The van der Waals surface area contributed by atoms with Crippen LogP contribution in [-0.4, -0.2) is 23.3 Å². The van der Waals surface area contributed by atoms with E-state index in [0.717, 1.165) is 41.9 Å². The number of halogens is 2. The van der Waals surface area contributed by atoms with E-state index < -0.39 is 6.10 Å². The number of aliphatic hydroxyl groups excluding tert-OH is 1. The predicted molar refractivity (Wildman–Crippen MR) is 83.3 cm³/mol. The van der Waals surface area contributed by atoms with Gasteiger partial charge in [0.1, 0.15) is 6.10 Å². The molecular weight excluding hydrogens is 376 g/mol. The highest BCUT2D eigenvalue weighted by Gasteiger charge is 2.20. The van der Waals surface area contributed by atoms with Crippen molar-refractivity contribution >= 4 is 37.8 Å². The average molecular weight is 396 g/mol. The lowest BCUT2D eigenvalue weighted by molar-refractivity contribution is -0.140. The van der Waals surface area contributed by atoms with Crippen LogP contribution >= 0.6 is 31.9 Å². The van der Waals surface area contributed by atoms with Gasteiger partial charge in [-0.1, -0.05) is 25.0 Å². The Kier molecular flexibility index (Phi) is 8.66. The summed E-state index contributed by atoms with van der Waals surface area (Å²) in [6.07, 6.45) is 11.3. The lowest BCUT2D eigenvalue weighted by atomic mass is 10.1. The van der Waals surface area contributed by atoms with Crippen LogP contribution in [0.4, 0.5) is 0 Å². The molecule has 19 heavy (non-hydrogen) atoms. The maximum absolute atomic E-state index is 10.9. The second kappa shape index (κ2) is 9.72. The van der Waals surface area contributed by atoms with E-state index in [2.05, 4.69) is 37.9 Å². The minimum atomic E-state index is -0.433. The quantitative estimate of drug-likeness (QED) is 0.380. The summed E-state index contributed by atoms with van der Waals surface area (Å²) in [6, 6.07) is 0. The molecule has 108 valence electrons. The van der Waals surface area contributed by atoms with E-state index in [0.29, 0.717) is 6.42 Å². The number of ether oxygens (including phenoxy) is 1. The number of esters is 1. The number of allylic oxidation sites excluding steroid dienone is 1. The van der Waals surface area contributed by atoms with E-state index in [1.54, 1.807) is 12.2 Å². The number of hydrogen-bond acceptors (Lipinski definition) is 3. The van der Waals surface area contributed by atoms with Crippen molar-refractivity contribution < 1.29 is 14.6 Å². The van der Waals surface area contributed by atoms with Gasteiger partial charge in [-0.05, 0) is 63.6 Å². The normalized spacial score (nSPS) is 20.6. The van der Waals surface area contributed by atoms with E-state index in [1.165, 1.54) is 0 Å². The Bertz CT molecular complexity index is 336. The lowest BCUT2D eigenvalue weighted by Crippen LogP contribution is -2.06. The minimum absolute atomic E-state index is 0.136. The van der Waals surface area contributed by atoms with Crippen LogP contribution in [0.15, 0.2) is 21.6 Å². The van der Waals surface area contributed by atoms with Gasteiger partial charge in [0, 0.05) is 6.42 Å². The summed E-state index contributed by atoms with van der Waals surface area (Å²) in [5, 5.41) is 9.77. The molecular formula is C14H20Br2O3. The Hall–Kier alpha value is -0.130. The SMILES string of the molecule is O=C1CCC(C=CC(O)CCCCCC=C(Br)Br)O1. The van der Waals surface area contributed by atoms with E-state index >= 15 is 0 Å². The first-order valence-electron chi connectivity index (χ1n) is 6.65. The number of unbranched alkanes of at least 4 members (excludes halogenated alkanes) is 3. The van der Waals surface area contributed by atoms with E-state index in [-0.39, 0.29) is 12.1 Å². The van der Waals surface area contributed by atoms with Crippen molar-refractivity contribution in [2.75, 3.05) is 0 Å². The van der Waals surface area contributed by atoms with Crippen LogP contribution in [-0.2, 0) is 9.53 Å². The summed E-state index contributed by atoms with van der Waals surface area (Å²) < 4.78 is 6.03. The summed E-state index contributed by atoms with van der Waals surface area (Å²) in [5.41, 5.74) is 0. The van der Waals surface area contributed by atoms with Gasteiger partial charge in [-0.15, -0.1) is 0 Å². The zero-order valence-electron chi connectivity index (χ0n) is 10.9. The third kappa shape index (κ3) is 8.60. The second-order valence-corrected chi connectivity index (χ2v) is 7.42. The van der Waals surface area contributed by atoms with Gasteiger partial charge in [0.15, 0.2) is 0 Å². The van der Waals surface area contributed by atoms with Crippen LogP contribution in [0.3, 0.4) is 0 Å². The molecule has 1 rings (SSSR count). The zero-order valence-corrected chi connectivity index (χ0v) is 14.0. The molecule has 0 aliphatic carbocycles. The maximum Gasteiger partial charge on any atom is 0.306 e. The second-order valence-electron chi connectivity index (χ2n) is 4.65. The van der Waals surface area contributed by atoms with Crippen molar-refractivity contribution in [3.05, 3.63) is 21.6 Å². The number of cyclic esters (lactones) is 1. The Balaban J connectivity index is 2.04. The maximum atomic E-state index is 10.9. The Labute approximate surface area is 131 Å². The summed E-state index contributed by atoms with van der Waals surface area (Å²) in [7, 11) is 0. The lowest BCUT2D eigenvalue weighted by Gasteiger charge is -2.07. The molecule has 3 nitrogen and oxygen atoms in total. The topological polar surface area (TPSA) is 46.5 Å². The van der Waals surface area contributed by atoms with Crippen molar-refractivity contribution in [2.45, 2.75) is 57.2 Å². The van der Waals surface area contributed by atoms with Crippen molar-refractivity contribution in [1.82, 2.24) is 0 Å². The number of rotatable bonds is 8. The summed E-state index contributed by atoms with van der Waals surface area (Å²) >= 11 is 6.63. The van der Waals surface area contributed by atoms with Crippen LogP contribution in [0.25, 0.3) is 0 Å². The van der Waals surface area contributed by atoms with Gasteiger partial charge in [-0.2, -0.15) is 0 Å². The van der Waals surface area contributed by atoms with Gasteiger partial charge < -0.3 is 9.84 Å². The minimum Gasteiger partial charge on any atom is -0.458 e. The molecule has 1 aliphatic rings. The van der Waals surface area contributed by atoms with Crippen LogP contribution in [0.1, 0.15) is 44.9 Å². The fourth-order valence-electron chi connectivity index (χ4n) is 1.92. The van der Waals surface area contributed by atoms with Crippen LogP contribution < -0.4 is 0 Å². The Morgan fingerprint density at radius 2 is 2.21 bits per heavy atom. The molecule has 2 unspecified atom stereocenters. The molecule has 0 aromatic rings. The summed E-state index contributed by atoms with van der Waals surface area (Å²) in [6.45, 7) is 0. The molecule has 2 atom stereocenters. The number of hydrogen-bond donors (Lipinski definition) is 1. The highest BCUT2D eigenvalue weighted by Crippen LogP contribution is 2.17.